The van der Waals surface area contributed by atoms with Crippen molar-refractivity contribution in [3.05, 3.63) is 59.9 Å². The maximum absolute atomic E-state index is 13.3. The summed E-state index contributed by atoms with van der Waals surface area (Å²) in [6.45, 7) is 3.33. The van der Waals surface area contributed by atoms with Crippen molar-refractivity contribution in [2.75, 3.05) is 13.1 Å². The van der Waals surface area contributed by atoms with Crippen molar-refractivity contribution in [3.8, 4) is 0 Å². The molecule has 0 aromatic heterocycles. The Morgan fingerprint density at radius 3 is 2.46 bits per heavy atom. The molecule has 3 rings (SSSR count). The Balaban J connectivity index is 1.82. The van der Waals surface area contributed by atoms with Crippen LogP contribution in [-0.2, 0) is 9.84 Å². The number of hydrogen-bond donors (Lipinski definition) is 1. The molecule has 0 aliphatic carbocycles. The Kier molecular flexibility index (Phi) is 4.76. The average Bonchev–Trinajstić information content (AvgIpc) is 3.05. The van der Waals surface area contributed by atoms with E-state index in [0.29, 0.717) is 0 Å². The molecular formula is C17H19BFNO3S. The molecule has 1 saturated heterocycles. The molecule has 1 unspecified atom stereocenters. The zero-order chi connectivity index (χ0) is 17.3. The lowest BCUT2D eigenvalue weighted by molar-refractivity contribution is 0.420. The van der Waals surface area contributed by atoms with Crippen molar-refractivity contribution in [2.24, 2.45) is 0 Å². The Hall–Kier alpha value is -1.70. The Morgan fingerprint density at radius 2 is 1.88 bits per heavy atom. The summed E-state index contributed by atoms with van der Waals surface area (Å²) in [4.78, 5) is 2.10. The van der Waals surface area contributed by atoms with Crippen molar-refractivity contribution < 1.29 is 17.8 Å². The van der Waals surface area contributed by atoms with Gasteiger partial charge in [-0.3, -0.25) is 0 Å². The van der Waals surface area contributed by atoms with Gasteiger partial charge in [0.1, 0.15) is 5.82 Å². The summed E-state index contributed by atoms with van der Waals surface area (Å²) >= 11 is 0. The number of nitrogens with zero attached hydrogens (tertiary/aromatic N) is 1. The van der Waals surface area contributed by atoms with Gasteiger partial charge in [0.15, 0.2) is 0 Å². The van der Waals surface area contributed by atoms with E-state index in [1.165, 1.54) is 18.2 Å². The minimum Gasteiger partial charge on any atom is -0.437 e. The van der Waals surface area contributed by atoms with E-state index in [2.05, 4.69) is 0 Å². The van der Waals surface area contributed by atoms with Crippen LogP contribution in [0.4, 0.5) is 4.39 Å². The Bertz CT molecular complexity index is 824. The molecule has 126 valence electrons. The second kappa shape index (κ2) is 6.66. The van der Waals surface area contributed by atoms with Gasteiger partial charge in [0.2, 0.25) is 9.84 Å². The van der Waals surface area contributed by atoms with E-state index < -0.39 is 22.7 Å². The fourth-order valence-electron chi connectivity index (χ4n) is 3.09. The largest absolute Gasteiger partial charge is 0.437 e. The first kappa shape index (κ1) is 17.1. The maximum Gasteiger partial charge on any atom is 0.376 e. The number of benzene rings is 2. The third-order valence-corrected chi connectivity index (χ3v) is 6.28. The standard InChI is InChI=1S/C17H19BFNO3S/c1-18(21)20-10-9-14(12-20)13-5-7-16(8-6-13)24(22,23)17-4-2-3-15(19)11-17/h2-8,11,14,21H,9-10,12H2,1H3. The zero-order valence-electron chi connectivity index (χ0n) is 13.4. The van der Waals surface area contributed by atoms with Crippen LogP contribution >= 0.6 is 0 Å². The third-order valence-electron chi connectivity index (χ3n) is 4.52. The molecule has 1 aliphatic heterocycles. The lowest BCUT2D eigenvalue weighted by Gasteiger charge is -2.16. The van der Waals surface area contributed by atoms with Gasteiger partial charge in [0, 0.05) is 0 Å². The predicted octanol–water partition coefficient (Wildman–Crippen LogP) is 2.56. The van der Waals surface area contributed by atoms with Gasteiger partial charge in [0.25, 0.3) is 0 Å². The van der Waals surface area contributed by atoms with Gasteiger partial charge in [-0.15, -0.1) is 0 Å². The SMILES string of the molecule is CB(O)N1CCC(c2ccc(S(=O)(=O)c3cccc(F)c3)cc2)C1. The van der Waals surface area contributed by atoms with E-state index in [9.17, 15) is 17.8 Å². The summed E-state index contributed by atoms with van der Waals surface area (Å²) in [7, 11) is -4.19. The predicted molar refractivity (Wildman–Crippen MR) is 91.1 cm³/mol. The molecule has 24 heavy (non-hydrogen) atoms. The number of sulfone groups is 1. The van der Waals surface area contributed by atoms with Gasteiger partial charge >= 0.3 is 7.05 Å². The molecule has 1 aliphatic rings. The smallest absolute Gasteiger partial charge is 0.376 e. The van der Waals surface area contributed by atoms with Gasteiger partial charge in [0.05, 0.1) is 9.79 Å². The highest BCUT2D eigenvalue weighted by Gasteiger charge is 2.28. The average molecular weight is 347 g/mol. The Morgan fingerprint density at radius 1 is 1.17 bits per heavy atom. The van der Waals surface area contributed by atoms with E-state index in [1.54, 1.807) is 19.0 Å². The summed E-state index contributed by atoms with van der Waals surface area (Å²) in [5, 5.41) is 9.63. The highest BCUT2D eigenvalue weighted by molar-refractivity contribution is 7.91. The molecule has 1 N–H and O–H groups in total. The van der Waals surface area contributed by atoms with Gasteiger partial charge in [-0.05, 0) is 68.1 Å². The first-order chi connectivity index (χ1) is 11.4. The van der Waals surface area contributed by atoms with Crippen LogP contribution in [0.25, 0.3) is 0 Å². The summed E-state index contributed by atoms with van der Waals surface area (Å²) in [5.74, 6) is -0.289. The topological polar surface area (TPSA) is 57.6 Å². The number of rotatable bonds is 4. The van der Waals surface area contributed by atoms with Crippen molar-refractivity contribution in [1.82, 2.24) is 4.81 Å². The molecule has 2 aromatic rings. The van der Waals surface area contributed by atoms with Crippen molar-refractivity contribution in [2.45, 2.75) is 29.0 Å². The molecule has 0 amide bonds. The summed E-state index contributed by atoms with van der Waals surface area (Å²) < 4.78 is 38.4. The molecule has 1 atom stereocenters. The van der Waals surface area contributed by atoms with Gasteiger partial charge in [-0.25, -0.2) is 12.8 Å². The first-order valence-corrected chi connectivity index (χ1v) is 9.39. The zero-order valence-corrected chi connectivity index (χ0v) is 14.2. The second-order valence-corrected chi connectivity index (χ2v) is 8.09. The highest BCUT2D eigenvalue weighted by atomic mass is 32.2. The molecule has 0 bridgehead atoms. The minimum absolute atomic E-state index is 0.0450. The third kappa shape index (κ3) is 3.38. The molecule has 1 heterocycles. The lowest BCUT2D eigenvalue weighted by Crippen LogP contribution is -2.34. The van der Waals surface area contributed by atoms with E-state index in [0.717, 1.165) is 31.1 Å². The molecular weight excluding hydrogens is 328 g/mol. The van der Waals surface area contributed by atoms with Crippen molar-refractivity contribution in [3.63, 3.8) is 0 Å². The molecule has 0 saturated carbocycles. The van der Waals surface area contributed by atoms with Gasteiger partial charge in [-0.2, -0.15) is 0 Å². The van der Waals surface area contributed by atoms with E-state index in [4.69, 9.17) is 0 Å². The highest BCUT2D eigenvalue weighted by Crippen LogP contribution is 2.29. The van der Waals surface area contributed by atoms with Crippen LogP contribution < -0.4 is 0 Å². The molecule has 0 radical (unpaired) electrons. The summed E-state index contributed by atoms with van der Waals surface area (Å²) in [6, 6.07) is 11.8. The fourth-order valence-corrected chi connectivity index (χ4v) is 4.38. The van der Waals surface area contributed by atoms with Crippen LogP contribution in [0.2, 0.25) is 6.82 Å². The monoisotopic (exact) mass is 347 g/mol. The van der Waals surface area contributed by atoms with Gasteiger partial charge < -0.3 is 9.83 Å². The van der Waals surface area contributed by atoms with E-state index in [1.807, 2.05) is 16.9 Å². The molecule has 0 spiro atoms. The van der Waals surface area contributed by atoms with Crippen LogP contribution in [0.5, 0.6) is 0 Å². The first-order valence-electron chi connectivity index (χ1n) is 7.90. The number of hydrogen-bond acceptors (Lipinski definition) is 4. The molecule has 1 fully saturated rings. The van der Waals surface area contributed by atoms with Crippen molar-refractivity contribution in [1.29, 1.82) is 0 Å². The fraction of sp³-hybridized carbons (Fsp3) is 0.294. The van der Waals surface area contributed by atoms with Crippen LogP contribution in [0.3, 0.4) is 0 Å². The lowest BCUT2D eigenvalue weighted by atomic mass is 9.85. The molecule has 4 nitrogen and oxygen atoms in total. The maximum atomic E-state index is 13.3. The number of halogens is 1. The molecule has 7 heteroatoms. The Labute approximate surface area is 142 Å². The van der Waals surface area contributed by atoms with Crippen molar-refractivity contribution >= 4 is 16.9 Å². The quantitative estimate of drug-likeness (QED) is 0.864. The molecule has 2 aromatic carbocycles. The van der Waals surface area contributed by atoms with Crippen LogP contribution in [-0.4, -0.2) is 38.4 Å². The van der Waals surface area contributed by atoms with E-state index in [-0.39, 0.29) is 15.7 Å². The minimum atomic E-state index is -3.72. The normalized spacial score (nSPS) is 18.7. The summed E-state index contributed by atoms with van der Waals surface area (Å²) in [5.41, 5.74) is 1.05. The second-order valence-electron chi connectivity index (χ2n) is 6.14. The van der Waals surface area contributed by atoms with Gasteiger partial charge in [-0.1, -0.05) is 18.2 Å². The van der Waals surface area contributed by atoms with E-state index >= 15 is 0 Å². The van der Waals surface area contributed by atoms with Crippen LogP contribution in [0, 0.1) is 5.82 Å². The summed E-state index contributed by atoms with van der Waals surface area (Å²) in [6.07, 6.45) is 0.931. The van der Waals surface area contributed by atoms with Crippen LogP contribution in [0.15, 0.2) is 58.3 Å². The van der Waals surface area contributed by atoms with Crippen LogP contribution in [0.1, 0.15) is 17.9 Å².